The second-order valence-electron chi connectivity index (χ2n) is 5.69. The third-order valence-electron chi connectivity index (χ3n) is 3.93. The van der Waals surface area contributed by atoms with Crippen LogP contribution in [0, 0.1) is 0 Å². The Kier molecular flexibility index (Phi) is 5.53. The summed E-state index contributed by atoms with van der Waals surface area (Å²) in [5.74, 6) is 1.13. The quantitative estimate of drug-likeness (QED) is 0.665. The topological polar surface area (TPSA) is 64.9 Å². The van der Waals surface area contributed by atoms with Gasteiger partial charge in [-0.3, -0.25) is 4.79 Å². The van der Waals surface area contributed by atoms with Crippen molar-refractivity contribution in [1.29, 1.82) is 0 Å². The monoisotopic (exact) mass is 351 g/mol. The zero-order valence-electron chi connectivity index (χ0n) is 14.8. The third kappa shape index (κ3) is 4.22. The standard InChI is InChI=1S/C20H21N3O3/c1-25-17-8-6-15(13-18(17)26-2)7-9-20(24)21-11-10-16-14-23-12-4-3-5-19(23)22-16/h3-9,12-14H,10-11H2,1-2H3,(H,21,24)/b9-7+. The molecule has 3 aromatic rings. The fourth-order valence-corrected chi connectivity index (χ4v) is 2.61. The molecule has 1 aromatic carbocycles. The van der Waals surface area contributed by atoms with Crippen molar-refractivity contribution in [2.24, 2.45) is 0 Å². The van der Waals surface area contributed by atoms with E-state index in [9.17, 15) is 4.79 Å². The number of aromatic nitrogens is 2. The predicted octanol–water partition coefficient (Wildman–Crippen LogP) is 2.72. The van der Waals surface area contributed by atoms with Gasteiger partial charge >= 0.3 is 0 Å². The molecule has 6 heteroatoms. The minimum absolute atomic E-state index is 0.149. The second kappa shape index (κ2) is 8.20. The van der Waals surface area contributed by atoms with E-state index in [-0.39, 0.29) is 5.91 Å². The number of imidazole rings is 1. The Hall–Kier alpha value is -3.28. The van der Waals surface area contributed by atoms with Crippen molar-refractivity contribution in [3.05, 3.63) is 66.1 Å². The van der Waals surface area contributed by atoms with E-state index in [1.807, 2.05) is 47.1 Å². The summed E-state index contributed by atoms with van der Waals surface area (Å²) >= 11 is 0. The van der Waals surface area contributed by atoms with Crippen molar-refractivity contribution < 1.29 is 14.3 Å². The molecule has 0 unspecified atom stereocenters. The molecule has 2 heterocycles. The van der Waals surface area contributed by atoms with Gasteiger partial charge in [0.25, 0.3) is 0 Å². The highest BCUT2D eigenvalue weighted by Gasteiger charge is 2.04. The lowest BCUT2D eigenvalue weighted by atomic mass is 10.2. The number of hydrogen-bond acceptors (Lipinski definition) is 4. The van der Waals surface area contributed by atoms with Gasteiger partial charge in [0.1, 0.15) is 5.65 Å². The molecular formula is C20H21N3O3. The lowest BCUT2D eigenvalue weighted by Gasteiger charge is -2.07. The number of hydrogen-bond donors (Lipinski definition) is 1. The maximum Gasteiger partial charge on any atom is 0.244 e. The van der Waals surface area contributed by atoms with Crippen LogP contribution >= 0.6 is 0 Å². The largest absolute Gasteiger partial charge is 0.493 e. The first kappa shape index (κ1) is 17.5. The van der Waals surface area contributed by atoms with E-state index in [1.165, 1.54) is 6.08 Å². The van der Waals surface area contributed by atoms with Gasteiger partial charge in [0.2, 0.25) is 5.91 Å². The minimum atomic E-state index is -0.149. The van der Waals surface area contributed by atoms with Crippen LogP contribution in [0.4, 0.5) is 0 Å². The molecule has 0 aliphatic carbocycles. The molecule has 3 rings (SSSR count). The molecule has 0 aliphatic heterocycles. The second-order valence-corrected chi connectivity index (χ2v) is 5.69. The first-order valence-electron chi connectivity index (χ1n) is 8.30. The summed E-state index contributed by atoms with van der Waals surface area (Å²) in [5, 5.41) is 2.87. The Balaban J connectivity index is 1.53. The summed E-state index contributed by atoms with van der Waals surface area (Å²) in [7, 11) is 3.17. The van der Waals surface area contributed by atoms with E-state index in [0.29, 0.717) is 24.5 Å². The number of benzene rings is 1. The van der Waals surface area contributed by atoms with E-state index in [2.05, 4.69) is 10.3 Å². The zero-order chi connectivity index (χ0) is 18.4. The number of ether oxygens (including phenoxy) is 2. The van der Waals surface area contributed by atoms with Gasteiger partial charge in [-0.2, -0.15) is 0 Å². The SMILES string of the molecule is COc1ccc(/C=C/C(=O)NCCc2cn3ccccc3n2)cc1OC. The lowest BCUT2D eigenvalue weighted by Crippen LogP contribution is -2.23. The summed E-state index contributed by atoms with van der Waals surface area (Å²) in [4.78, 5) is 16.5. The Bertz CT molecular complexity index is 898. The number of carbonyl (C=O) groups excluding carboxylic acids is 1. The Morgan fingerprint density at radius 2 is 2.04 bits per heavy atom. The summed E-state index contributed by atoms with van der Waals surface area (Å²) in [6.45, 7) is 0.527. The van der Waals surface area contributed by atoms with Crippen molar-refractivity contribution in [2.45, 2.75) is 6.42 Å². The molecule has 2 aromatic heterocycles. The summed E-state index contributed by atoms with van der Waals surface area (Å²) in [6, 6.07) is 11.3. The Morgan fingerprint density at radius 1 is 1.19 bits per heavy atom. The highest BCUT2D eigenvalue weighted by atomic mass is 16.5. The average molecular weight is 351 g/mol. The molecule has 0 saturated heterocycles. The van der Waals surface area contributed by atoms with Crippen LogP contribution in [0.3, 0.4) is 0 Å². The van der Waals surface area contributed by atoms with Crippen LogP contribution in [0.25, 0.3) is 11.7 Å². The van der Waals surface area contributed by atoms with Crippen LogP contribution in [0.5, 0.6) is 11.5 Å². The van der Waals surface area contributed by atoms with E-state index < -0.39 is 0 Å². The molecule has 0 fully saturated rings. The van der Waals surface area contributed by atoms with Crippen molar-refractivity contribution in [3.63, 3.8) is 0 Å². The minimum Gasteiger partial charge on any atom is -0.493 e. The molecule has 0 atom stereocenters. The van der Waals surface area contributed by atoms with E-state index in [1.54, 1.807) is 26.4 Å². The van der Waals surface area contributed by atoms with Gasteiger partial charge in [0, 0.05) is 31.4 Å². The van der Waals surface area contributed by atoms with Crippen molar-refractivity contribution in [3.8, 4) is 11.5 Å². The van der Waals surface area contributed by atoms with Gasteiger partial charge < -0.3 is 19.2 Å². The number of nitrogens with zero attached hydrogens (tertiary/aromatic N) is 2. The number of amides is 1. The number of nitrogens with one attached hydrogen (secondary N) is 1. The molecule has 134 valence electrons. The van der Waals surface area contributed by atoms with Crippen LogP contribution in [0.1, 0.15) is 11.3 Å². The maximum atomic E-state index is 12.0. The lowest BCUT2D eigenvalue weighted by molar-refractivity contribution is -0.116. The van der Waals surface area contributed by atoms with Gasteiger partial charge in [-0.15, -0.1) is 0 Å². The number of pyridine rings is 1. The maximum absolute atomic E-state index is 12.0. The predicted molar refractivity (Wildman–Crippen MR) is 100 cm³/mol. The molecule has 26 heavy (non-hydrogen) atoms. The molecule has 0 aliphatic rings. The first-order chi connectivity index (χ1) is 12.7. The summed E-state index contributed by atoms with van der Waals surface area (Å²) in [6.07, 6.45) is 7.85. The zero-order valence-corrected chi connectivity index (χ0v) is 14.8. The molecule has 0 radical (unpaired) electrons. The number of fused-ring (bicyclic) bond motifs is 1. The van der Waals surface area contributed by atoms with Gasteiger partial charge in [0.05, 0.1) is 19.9 Å². The highest BCUT2D eigenvalue weighted by molar-refractivity contribution is 5.91. The molecule has 0 spiro atoms. The van der Waals surface area contributed by atoms with Gasteiger partial charge in [-0.05, 0) is 35.9 Å². The molecule has 1 N–H and O–H groups in total. The Morgan fingerprint density at radius 3 is 2.81 bits per heavy atom. The molecule has 0 bridgehead atoms. The van der Waals surface area contributed by atoms with Gasteiger partial charge in [-0.1, -0.05) is 12.1 Å². The summed E-state index contributed by atoms with van der Waals surface area (Å²) < 4.78 is 12.4. The van der Waals surface area contributed by atoms with Gasteiger partial charge in [-0.25, -0.2) is 4.98 Å². The van der Waals surface area contributed by atoms with Gasteiger partial charge in [0.15, 0.2) is 11.5 Å². The van der Waals surface area contributed by atoms with E-state index in [0.717, 1.165) is 16.9 Å². The fourth-order valence-electron chi connectivity index (χ4n) is 2.61. The van der Waals surface area contributed by atoms with Crippen LogP contribution in [-0.2, 0) is 11.2 Å². The van der Waals surface area contributed by atoms with Crippen LogP contribution < -0.4 is 14.8 Å². The molecule has 1 amide bonds. The van der Waals surface area contributed by atoms with E-state index in [4.69, 9.17) is 9.47 Å². The molecule has 6 nitrogen and oxygen atoms in total. The number of rotatable bonds is 7. The first-order valence-corrected chi connectivity index (χ1v) is 8.30. The van der Waals surface area contributed by atoms with Crippen molar-refractivity contribution in [2.75, 3.05) is 20.8 Å². The van der Waals surface area contributed by atoms with Crippen molar-refractivity contribution in [1.82, 2.24) is 14.7 Å². The number of methoxy groups -OCH3 is 2. The van der Waals surface area contributed by atoms with E-state index >= 15 is 0 Å². The molecular weight excluding hydrogens is 330 g/mol. The number of carbonyl (C=O) groups is 1. The van der Waals surface area contributed by atoms with Crippen LogP contribution in [0.2, 0.25) is 0 Å². The van der Waals surface area contributed by atoms with Crippen LogP contribution in [0.15, 0.2) is 54.9 Å². The molecule has 0 saturated carbocycles. The summed E-state index contributed by atoms with van der Waals surface area (Å²) in [5.41, 5.74) is 2.71. The normalized spacial score (nSPS) is 11.0. The third-order valence-corrected chi connectivity index (χ3v) is 3.93. The van der Waals surface area contributed by atoms with Crippen LogP contribution in [-0.4, -0.2) is 36.1 Å². The van der Waals surface area contributed by atoms with Crippen molar-refractivity contribution >= 4 is 17.6 Å². The fraction of sp³-hybridized carbons (Fsp3) is 0.200. The average Bonchev–Trinajstić information content (AvgIpc) is 3.08. The Labute approximate surface area is 152 Å². The smallest absolute Gasteiger partial charge is 0.244 e. The highest BCUT2D eigenvalue weighted by Crippen LogP contribution is 2.27.